The van der Waals surface area contributed by atoms with E-state index in [2.05, 4.69) is 17.2 Å². The number of aromatic nitrogens is 1. The van der Waals surface area contributed by atoms with Gasteiger partial charge in [0.2, 0.25) is 0 Å². The van der Waals surface area contributed by atoms with Gasteiger partial charge in [0.05, 0.1) is 5.56 Å². The van der Waals surface area contributed by atoms with E-state index in [9.17, 15) is 4.79 Å². The second-order valence-electron chi connectivity index (χ2n) is 4.19. The largest absolute Gasteiger partial charge is 0.322 e. The number of carbonyl (C=O) groups is 1. The molecule has 0 radical (unpaired) electrons. The molecule has 3 nitrogen and oxygen atoms in total. The number of pyridine rings is 1. The lowest BCUT2D eigenvalue weighted by Crippen LogP contribution is -2.12. The highest BCUT2D eigenvalue weighted by Crippen LogP contribution is 2.11. The maximum Gasteiger partial charge on any atom is 0.257 e. The van der Waals surface area contributed by atoms with Crippen LogP contribution in [0.2, 0.25) is 0 Å². The first-order valence-corrected chi connectivity index (χ1v) is 6.02. The average molecular weight is 240 g/mol. The van der Waals surface area contributed by atoms with Gasteiger partial charge in [-0.15, -0.1) is 0 Å². The predicted molar refractivity (Wildman–Crippen MR) is 72.7 cm³/mol. The number of nitrogens with one attached hydrogen (secondary N) is 1. The van der Waals surface area contributed by atoms with Gasteiger partial charge in [-0.05, 0) is 43.2 Å². The van der Waals surface area contributed by atoms with Gasteiger partial charge >= 0.3 is 0 Å². The fraction of sp³-hybridized carbons (Fsp3) is 0.200. The molecule has 1 heterocycles. The van der Waals surface area contributed by atoms with Gasteiger partial charge in [-0.25, -0.2) is 0 Å². The molecule has 1 amide bonds. The first-order chi connectivity index (χ1) is 8.69. The maximum absolute atomic E-state index is 11.9. The number of nitrogens with zero attached hydrogens (tertiary/aromatic N) is 1. The van der Waals surface area contributed by atoms with Crippen molar-refractivity contribution in [2.75, 3.05) is 5.32 Å². The highest BCUT2D eigenvalue weighted by molar-refractivity contribution is 6.04. The molecule has 0 atom stereocenters. The van der Waals surface area contributed by atoms with Gasteiger partial charge in [-0.3, -0.25) is 9.78 Å². The van der Waals surface area contributed by atoms with E-state index in [4.69, 9.17) is 0 Å². The van der Waals surface area contributed by atoms with E-state index in [0.717, 1.165) is 17.8 Å². The fourth-order valence-electron chi connectivity index (χ4n) is 1.63. The molecule has 1 aromatic carbocycles. The molecular formula is C15H16N2O. The Kier molecular flexibility index (Phi) is 3.72. The molecule has 0 unspecified atom stereocenters. The third-order valence-electron chi connectivity index (χ3n) is 2.79. The van der Waals surface area contributed by atoms with Crippen LogP contribution in [0.4, 0.5) is 5.69 Å². The zero-order valence-electron chi connectivity index (χ0n) is 10.6. The summed E-state index contributed by atoms with van der Waals surface area (Å²) in [6.45, 7) is 4.00. The summed E-state index contributed by atoms with van der Waals surface area (Å²) in [6.07, 6.45) is 2.58. The van der Waals surface area contributed by atoms with E-state index in [1.165, 1.54) is 5.56 Å². The summed E-state index contributed by atoms with van der Waals surface area (Å²) in [6, 6.07) is 11.5. The number of benzene rings is 1. The Labute approximate surface area is 107 Å². The minimum absolute atomic E-state index is 0.133. The van der Waals surface area contributed by atoms with Crippen LogP contribution in [0.15, 0.2) is 42.6 Å². The van der Waals surface area contributed by atoms with Crippen LogP contribution in [-0.4, -0.2) is 10.9 Å². The molecule has 0 aliphatic rings. The molecule has 0 aliphatic heterocycles. The molecule has 92 valence electrons. The van der Waals surface area contributed by atoms with Crippen molar-refractivity contribution in [3.63, 3.8) is 0 Å². The van der Waals surface area contributed by atoms with Crippen molar-refractivity contribution in [1.82, 2.24) is 4.98 Å². The predicted octanol–water partition coefficient (Wildman–Crippen LogP) is 3.20. The summed E-state index contributed by atoms with van der Waals surface area (Å²) >= 11 is 0. The monoisotopic (exact) mass is 240 g/mol. The van der Waals surface area contributed by atoms with Crippen molar-refractivity contribution in [2.45, 2.75) is 20.3 Å². The number of carbonyl (C=O) groups excluding carboxylic acids is 1. The molecule has 0 spiro atoms. The van der Waals surface area contributed by atoms with Gasteiger partial charge in [-0.2, -0.15) is 0 Å². The van der Waals surface area contributed by atoms with Crippen LogP contribution in [-0.2, 0) is 6.42 Å². The molecule has 2 aromatic rings. The number of hydrogen-bond acceptors (Lipinski definition) is 2. The SMILES string of the molecule is CCc1ccc(NC(=O)c2ccc(C)nc2)cc1. The van der Waals surface area contributed by atoms with E-state index < -0.39 is 0 Å². The van der Waals surface area contributed by atoms with Crippen molar-refractivity contribution >= 4 is 11.6 Å². The van der Waals surface area contributed by atoms with Crippen LogP contribution >= 0.6 is 0 Å². The minimum atomic E-state index is -0.133. The number of hydrogen-bond donors (Lipinski definition) is 1. The van der Waals surface area contributed by atoms with Crippen LogP contribution in [0.1, 0.15) is 28.5 Å². The topological polar surface area (TPSA) is 42.0 Å². The standard InChI is InChI=1S/C15H16N2O/c1-3-12-5-8-14(9-6-12)17-15(18)13-7-4-11(2)16-10-13/h4-10H,3H2,1-2H3,(H,17,18). The molecular weight excluding hydrogens is 224 g/mol. The first kappa shape index (κ1) is 12.3. The Morgan fingerprint density at radius 2 is 1.89 bits per heavy atom. The number of aryl methyl sites for hydroxylation is 2. The van der Waals surface area contributed by atoms with Crippen LogP contribution in [0, 0.1) is 6.92 Å². The van der Waals surface area contributed by atoms with Gasteiger partial charge in [0.25, 0.3) is 5.91 Å². The summed E-state index contributed by atoms with van der Waals surface area (Å²) in [5, 5.41) is 2.85. The lowest BCUT2D eigenvalue weighted by molar-refractivity contribution is 0.102. The van der Waals surface area contributed by atoms with Crippen molar-refractivity contribution in [1.29, 1.82) is 0 Å². The van der Waals surface area contributed by atoms with Gasteiger partial charge in [0.15, 0.2) is 0 Å². The first-order valence-electron chi connectivity index (χ1n) is 6.02. The number of amides is 1. The second-order valence-corrected chi connectivity index (χ2v) is 4.19. The van der Waals surface area contributed by atoms with E-state index in [0.29, 0.717) is 5.56 Å². The van der Waals surface area contributed by atoms with Crippen molar-refractivity contribution in [2.24, 2.45) is 0 Å². The molecule has 18 heavy (non-hydrogen) atoms. The zero-order chi connectivity index (χ0) is 13.0. The summed E-state index contributed by atoms with van der Waals surface area (Å²) in [4.78, 5) is 16.0. The van der Waals surface area contributed by atoms with Gasteiger partial charge in [0, 0.05) is 17.6 Å². The Hall–Kier alpha value is -2.16. The Bertz CT molecular complexity index is 529. The Morgan fingerprint density at radius 1 is 1.17 bits per heavy atom. The molecule has 1 N–H and O–H groups in total. The van der Waals surface area contributed by atoms with Crippen molar-refractivity contribution < 1.29 is 4.79 Å². The summed E-state index contributed by atoms with van der Waals surface area (Å²) in [5.74, 6) is -0.133. The highest BCUT2D eigenvalue weighted by Gasteiger charge is 2.05. The smallest absolute Gasteiger partial charge is 0.257 e. The highest BCUT2D eigenvalue weighted by atomic mass is 16.1. The summed E-state index contributed by atoms with van der Waals surface area (Å²) in [5.41, 5.74) is 3.53. The Morgan fingerprint density at radius 3 is 2.44 bits per heavy atom. The average Bonchev–Trinajstić information content (AvgIpc) is 2.40. The van der Waals surface area contributed by atoms with Crippen LogP contribution in [0.5, 0.6) is 0 Å². The van der Waals surface area contributed by atoms with Crippen LogP contribution in [0.25, 0.3) is 0 Å². The minimum Gasteiger partial charge on any atom is -0.322 e. The quantitative estimate of drug-likeness (QED) is 0.895. The normalized spacial score (nSPS) is 10.1. The molecule has 3 heteroatoms. The molecule has 0 saturated carbocycles. The number of rotatable bonds is 3. The van der Waals surface area contributed by atoms with Gasteiger partial charge < -0.3 is 5.32 Å². The van der Waals surface area contributed by atoms with E-state index in [1.54, 1.807) is 12.3 Å². The summed E-state index contributed by atoms with van der Waals surface area (Å²) in [7, 11) is 0. The summed E-state index contributed by atoms with van der Waals surface area (Å²) < 4.78 is 0. The van der Waals surface area contributed by atoms with Crippen molar-refractivity contribution in [3.05, 3.63) is 59.4 Å². The zero-order valence-corrected chi connectivity index (χ0v) is 10.6. The fourth-order valence-corrected chi connectivity index (χ4v) is 1.63. The second kappa shape index (κ2) is 5.45. The molecule has 0 fully saturated rings. The van der Waals surface area contributed by atoms with Crippen molar-refractivity contribution in [3.8, 4) is 0 Å². The molecule has 0 bridgehead atoms. The number of anilines is 1. The van der Waals surface area contributed by atoms with Gasteiger partial charge in [-0.1, -0.05) is 19.1 Å². The molecule has 0 saturated heterocycles. The lowest BCUT2D eigenvalue weighted by atomic mass is 10.1. The lowest BCUT2D eigenvalue weighted by Gasteiger charge is -2.06. The third-order valence-corrected chi connectivity index (χ3v) is 2.79. The Balaban J connectivity index is 2.08. The third kappa shape index (κ3) is 2.94. The molecule has 0 aliphatic carbocycles. The van der Waals surface area contributed by atoms with Gasteiger partial charge in [0.1, 0.15) is 0 Å². The van der Waals surface area contributed by atoms with Crippen LogP contribution in [0.3, 0.4) is 0 Å². The maximum atomic E-state index is 11.9. The van der Waals surface area contributed by atoms with E-state index in [1.807, 2.05) is 37.3 Å². The molecule has 1 aromatic heterocycles. The molecule has 2 rings (SSSR count). The van der Waals surface area contributed by atoms with E-state index in [-0.39, 0.29) is 5.91 Å². The van der Waals surface area contributed by atoms with Crippen LogP contribution < -0.4 is 5.32 Å². The van der Waals surface area contributed by atoms with E-state index >= 15 is 0 Å².